The SMILES string of the molecule is COc1ccc(CNC2(c3cc(N)ccc3F)CN(Cc3ccccc3)CC2CO)cc1. The van der Waals surface area contributed by atoms with E-state index in [1.165, 1.54) is 11.6 Å². The fourth-order valence-corrected chi connectivity index (χ4v) is 4.68. The van der Waals surface area contributed by atoms with Gasteiger partial charge in [-0.25, -0.2) is 4.39 Å². The molecule has 0 radical (unpaired) electrons. The topological polar surface area (TPSA) is 70.8 Å². The van der Waals surface area contributed by atoms with E-state index in [1.807, 2.05) is 42.5 Å². The first kappa shape index (κ1) is 22.3. The third kappa shape index (κ3) is 4.63. The van der Waals surface area contributed by atoms with E-state index >= 15 is 4.39 Å². The van der Waals surface area contributed by atoms with Crippen molar-refractivity contribution in [2.45, 2.75) is 18.6 Å². The number of aliphatic hydroxyl groups is 1. The summed E-state index contributed by atoms with van der Waals surface area (Å²) in [7, 11) is 1.64. The summed E-state index contributed by atoms with van der Waals surface area (Å²) in [4.78, 5) is 2.26. The highest BCUT2D eigenvalue weighted by Crippen LogP contribution is 2.40. The molecule has 1 fully saturated rings. The standard InChI is InChI=1S/C26H30FN3O2/c1-32-23-10-7-19(8-11-23)14-29-26(24-13-22(28)9-12-25(24)27)18-30(16-21(26)17-31)15-20-5-3-2-4-6-20/h2-13,21,29,31H,14-18,28H2,1H3. The monoisotopic (exact) mass is 435 g/mol. The van der Waals surface area contributed by atoms with Crippen molar-refractivity contribution >= 4 is 5.69 Å². The largest absolute Gasteiger partial charge is 0.497 e. The van der Waals surface area contributed by atoms with Gasteiger partial charge in [-0.3, -0.25) is 4.90 Å². The van der Waals surface area contributed by atoms with Crippen molar-refractivity contribution in [1.82, 2.24) is 10.2 Å². The van der Waals surface area contributed by atoms with Crippen LogP contribution in [-0.4, -0.2) is 36.8 Å². The molecule has 0 spiro atoms. The number of halogens is 1. The van der Waals surface area contributed by atoms with Gasteiger partial charge in [-0.05, 0) is 41.5 Å². The maximum Gasteiger partial charge on any atom is 0.128 e. The molecule has 0 bridgehead atoms. The van der Waals surface area contributed by atoms with E-state index in [0.29, 0.717) is 30.9 Å². The lowest BCUT2D eigenvalue weighted by molar-refractivity contribution is 0.156. The molecule has 1 saturated heterocycles. The minimum atomic E-state index is -0.775. The van der Waals surface area contributed by atoms with Crippen LogP contribution in [0, 0.1) is 11.7 Å². The first-order valence-corrected chi connectivity index (χ1v) is 10.8. The zero-order valence-electron chi connectivity index (χ0n) is 18.3. The van der Waals surface area contributed by atoms with Gasteiger partial charge in [0.15, 0.2) is 0 Å². The number of benzene rings is 3. The number of nitrogens with zero attached hydrogens (tertiary/aromatic N) is 1. The Hall–Kier alpha value is -2.93. The molecule has 0 amide bonds. The van der Waals surface area contributed by atoms with Gasteiger partial charge in [0.05, 0.1) is 12.6 Å². The van der Waals surface area contributed by atoms with Crippen LogP contribution in [0.1, 0.15) is 16.7 Å². The Morgan fingerprint density at radius 3 is 2.53 bits per heavy atom. The van der Waals surface area contributed by atoms with Crippen LogP contribution in [0.2, 0.25) is 0 Å². The lowest BCUT2D eigenvalue weighted by Gasteiger charge is -2.36. The van der Waals surface area contributed by atoms with Crippen LogP contribution in [0.4, 0.5) is 10.1 Å². The zero-order valence-corrected chi connectivity index (χ0v) is 18.3. The molecule has 0 aliphatic carbocycles. The average molecular weight is 436 g/mol. The molecule has 3 aromatic rings. The van der Waals surface area contributed by atoms with Gasteiger partial charge >= 0.3 is 0 Å². The van der Waals surface area contributed by atoms with Crippen molar-refractivity contribution in [2.75, 3.05) is 32.5 Å². The Morgan fingerprint density at radius 2 is 1.84 bits per heavy atom. The maximum atomic E-state index is 15.1. The van der Waals surface area contributed by atoms with Gasteiger partial charge in [-0.2, -0.15) is 0 Å². The van der Waals surface area contributed by atoms with Gasteiger partial charge in [-0.15, -0.1) is 0 Å². The summed E-state index contributed by atoms with van der Waals surface area (Å²) in [6, 6.07) is 22.7. The van der Waals surface area contributed by atoms with Gasteiger partial charge in [0, 0.05) is 50.0 Å². The van der Waals surface area contributed by atoms with E-state index < -0.39 is 5.54 Å². The Labute approximate surface area is 188 Å². The second kappa shape index (κ2) is 9.69. The first-order valence-electron chi connectivity index (χ1n) is 10.8. The number of anilines is 1. The predicted octanol–water partition coefficient (Wildman–Crippen LogP) is 3.53. The maximum absolute atomic E-state index is 15.1. The van der Waals surface area contributed by atoms with E-state index in [9.17, 15) is 5.11 Å². The lowest BCUT2D eigenvalue weighted by Crippen LogP contribution is -2.50. The molecule has 168 valence electrons. The van der Waals surface area contributed by atoms with E-state index in [-0.39, 0.29) is 18.3 Å². The van der Waals surface area contributed by atoms with Crippen molar-refractivity contribution in [3.05, 3.63) is 95.3 Å². The molecule has 0 aromatic heterocycles. The van der Waals surface area contributed by atoms with Gasteiger partial charge in [0.1, 0.15) is 11.6 Å². The molecule has 1 aliphatic rings. The Bertz CT molecular complexity index is 1030. The van der Waals surface area contributed by atoms with Gasteiger partial charge in [0.25, 0.3) is 0 Å². The number of hydrogen-bond donors (Lipinski definition) is 3. The number of methoxy groups -OCH3 is 1. The van der Waals surface area contributed by atoms with Crippen LogP contribution < -0.4 is 15.8 Å². The average Bonchev–Trinajstić information content (AvgIpc) is 3.18. The molecule has 3 aromatic carbocycles. The van der Waals surface area contributed by atoms with Crippen molar-refractivity contribution in [3.8, 4) is 5.75 Å². The van der Waals surface area contributed by atoms with Crippen LogP contribution >= 0.6 is 0 Å². The summed E-state index contributed by atoms with van der Waals surface area (Å²) >= 11 is 0. The van der Waals surface area contributed by atoms with Crippen LogP contribution in [0.25, 0.3) is 0 Å². The number of rotatable bonds is 8. The molecule has 4 rings (SSSR count). The number of nitrogens with one attached hydrogen (secondary N) is 1. The highest BCUT2D eigenvalue weighted by molar-refractivity contribution is 5.45. The van der Waals surface area contributed by atoms with Crippen LogP contribution in [0.15, 0.2) is 72.8 Å². The fourth-order valence-electron chi connectivity index (χ4n) is 4.68. The Balaban J connectivity index is 1.66. The number of ether oxygens (including phenoxy) is 1. The third-order valence-electron chi connectivity index (χ3n) is 6.36. The van der Waals surface area contributed by atoms with Gasteiger partial charge in [-0.1, -0.05) is 42.5 Å². The third-order valence-corrected chi connectivity index (χ3v) is 6.36. The van der Waals surface area contributed by atoms with E-state index in [0.717, 1.165) is 17.9 Å². The Morgan fingerprint density at radius 1 is 1.09 bits per heavy atom. The number of likely N-dealkylation sites (tertiary alicyclic amines) is 1. The van der Waals surface area contributed by atoms with Crippen LogP contribution in [0.5, 0.6) is 5.75 Å². The minimum absolute atomic E-state index is 0.0604. The molecule has 32 heavy (non-hydrogen) atoms. The summed E-state index contributed by atoms with van der Waals surface area (Å²) in [6.45, 7) is 2.40. The van der Waals surface area contributed by atoms with E-state index in [2.05, 4.69) is 22.3 Å². The van der Waals surface area contributed by atoms with E-state index in [1.54, 1.807) is 19.2 Å². The van der Waals surface area contributed by atoms with Crippen molar-refractivity contribution in [2.24, 2.45) is 5.92 Å². The molecular weight excluding hydrogens is 405 g/mol. The number of hydrogen-bond acceptors (Lipinski definition) is 5. The molecule has 1 heterocycles. The minimum Gasteiger partial charge on any atom is -0.497 e. The zero-order chi connectivity index (χ0) is 22.6. The van der Waals surface area contributed by atoms with Gasteiger partial charge < -0.3 is 20.9 Å². The highest BCUT2D eigenvalue weighted by atomic mass is 19.1. The van der Waals surface area contributed by atoms with Gasteiger partial charge in [0.2, 0.25) is 0 Å². The van der Waals surface area contributed by atoms with Crippen LogP contribution in [-0.2, 0) is 18.6 Å². The first-order chi connectivity index (χ1) is 15.5. The molecule has 2 unspecified atom stereocenters. The lowest BCUT2D eigenvalue weighted by atomic mass is 9.80. The number of nitrogens with two attached hydrogens (primary N) is 1. The molecule has 0 saturated carbocycles. The normalized spacial score (nSPS) is 21.0. The van der Waals surface area contributed by atoms with Crippen molar-refractivity contribution in [3.63, 3.8) is 0 Å². The number of nitrogen functional groups attached to an aromatic ring is 1. The molecule has 4 N–H and O–H groups in total. The Kier molecular flexibility index (Phi) is 6.74. The highest BCUT2D eigenvalue weighted by Gasteiger charge is 2.48. The molecular formula is C26H30FN3O2. The second-order valence-corrected chi connectivity index (χ2v) is 8.45. The van der Waals surface area contributed by atoms with Crippen LogP contribution in [0.3, 0.4) is 0 Å². The number of aliphatic hydroxyl groups excluding tert-OH is 1. The van der Waals surface area contributed by atoms with Crippen molar-refractivity contribution < 1.29 is 14.2 Å². The molecule has 2 atom stereocenters. The summed E-state index contributed by atoms with van der Waals surface area (Å²) in [5.74, 6) is 0.274. The van der Waals surface area contributed by atoms with E-state index in [4.69, 9.17) is 10.5 Å². The summed E-state index contributed by atoms with van der Waals surface area (Å²) in [5, 5.41) is 13.9. The quantitative estimate of drug-likeness (QED) is 0.472. The summed E-state index contributed by atoms with van der Waals surface area (Å²) in [6.07, 6.45) is 0. The predicted molar refractivity (Wildman–Crippen MR) is 125 cm³/mol. The van der Waals surface area contributed by atoms with Crippen molar-refractivity contribution in [1.29, 1.82) is 0 Å². The summed E-state index contributed by atoms with van der Waals surface area (Å²) in [5.41, 5.74) is 8.52. The smallest absolute Gasteiger partial charge is 0.128 e. The second-order valence-electron chi connectivity index (χ2n) is 8.45. The molecule has 6 heteroatoms. The molecule has 5 nitrogen and oxygen atoms in total. The fraction of sp³-hybridized carbons (Fsp3) is 0.308. The summed E-state index contributed by atoms with van der Waals surface area (Å²) < 4.78 is 20.4. The molecule has 1 aliphatic heterocycles.